The third-order valence-electron chi connectivity index (χ3n) is 5.24. The molecule has 1 saturated heterocycles. The van der Waals surface area contributed by atoms with Gasteiger partial charge in [-0.25, -0.2) is 4.98 Å². The van der Waals surface area contributed by atoms with Crippen LogP contribution in [0.3, 0.4) is 0 Å². The summed E-state index contributed by atoms with van der Waals surface area (Å²) in [4.78, 5) is 6.94. The van der Waals surface area contributed by atoms with Crippen molar-refractivity contribution in [2.45, 2.75) is 57.7 Å². The lowest BCUT2D eigenvalue weighted by Crippen LogP contribution is -2.59. The highest BCUT2D eigenvalue weighted by atomic mass is 32.1. The Morgan fingerprint density at radius 2 is 2.28 bits per heavy atom. The summed E-state index contributed by atoms with van der Waals surface area (Å²) < 4.78 is 8.32. The number of allylic oxidation sites excluding steroid dienone is 1. The molecule has 2 aliphatic rings. The monoisotopic (exact) mass is 359 g/mol. The minimum atomic E-state index is 0.0318. The molecule has 6 nitrogen and oxygen atoms in total. The number of aromatic nitrogens is 4. The van der Waals surface area contributed by atoms with Crippen molar-refractivity contribution in [3.05, 3.63) is 34.6 Å². The molecule has 0 aromatic carbocycles. The molecular formula is C18H25N5OS. The van der Waals surface area contributed by atoms with Crippen LogP contribution >= 0.6 is 11.3 Å². The quantitative estimate of drug-likeness (QED) is 0.768. The summed E-state index contributed by atoms with van der Waals surface area (Å²) >= 11 is 1.68. The normalized spacial score (nSPS) is 22.2. The van der Waals surface area contributed by atoms with E-state index in [1.165, 1.54) is 6.42 Å². The Hall–Kier alpha value is -1.73. The van der Waals surface area contributed by atoms with E-state index in [4.69, 9.17) is 4.74 Å². The molecule has 134 valence electrons. The highest BCUT2D eigenvalue weighted by Crippen LogP contribution is 2.40. The summed E-state index contributed by atoms with van der Waals surface area (Å²) in [5, 5.41) is 12.2. The van der Waals surface area contributed by atoms with Gasteiger partial charge in [0.25, 0.3) is 0 Å². The Balaban J connectivity index is 1.63. The van der Waals surface area contributed by atoms with Gasteiger partial charge in [0.15, 0.2) is 0 Å². The molecule has 2 fully saturated rings. The molecule has 1 aliphatic heterocycles. The first-order valence-corrected chi connectivity index (χ1v) is 9.83. The second-order valence-electron chi connectivity index (χ2n) is 7.20. The summed E-state index contributed by atoms with van der Waals surface area (Å²) in [6, 6.07) is 0.300. The summed E-state index contributed by atoms with van der Waals surface area (Å²) in [6.07, 6.45) is 6.18. The van der Waals surface area contributed by atoms with Crippen LogP contribution in [0.25, 0.3) is 0 Å². The molecule has 1 atom stereocenters. The molecule has 1 saturated carbocycles. The minimum absolute atomic E-state index is 0.0318. The summed E-state index contributed by atoms with van der Waals surface area (Å²) in [5.74, 6) is 1.89. The van der Waals surface area contributed by atoms with E-state index < -0.39 is 0 Å². The molecule has 2 aromatic rings. The molecule has 3 heterocycles. The van der Waals surface area contributed by atoms with E-state index in [1.54, 1.807) is 11.3 Å². The smallest absolute Gasteiger partial charge is 0.227 e. The van der Waals surface area contributed by atoms with E-state index >= 15 is 0 Å². The molecule has 1 aliphatic carbocycles. The molecule has 1 unspecified atom stereocenters. The third kappa shape index (κ3) is 3.11. The predicted octanol–water partition coefficient (Wildman–Crippen LogP) is 2.97. The van der Waals surface area contributed by atoms with Gasteiger partial charge in [0, 0.05) is 17.6 Å². The van der Waals surface area contributed by atoms with Gasteiger partial charge in [-0.2, -0.15) is 0 Å². The van der Waals surface area contributed by atoms with Crippen molar-refractivity contribution < 1.29 is 4.74 Å². The van der Waals surface area contributed by atoms with Gasteiger partial charge >= 0.3 is 0 Å². The molecule has 0 N–H and O–H groups in total. The van der Waals surface area contributed by atoms with Crippen LogP contribution in [0.1, 0.15) is 42.7 Å². The average Bonchev–Trinajstić information content (AvgIpc) is 3.14. The topological polar surface area (TPSA) is 56.1 Å². The maximum absolute atomic E-state index is 6.14. The molecule has 0 bridgehead atoms. The van der Waals surface area contributed by atoms with Crippen LogP contribution in [-0.2, 0) is 17.7 Å². The number of morpholine rings is 1. The van der Waals surface area contributed by atoms with E-state index in [-0.39, 0.29) is 5.60 Å². The first kappa shape index (κ1) is 16.7. The molecule has 2 aromatic heterocycles. The third-order valence-corrected chi connectivity index (χ3v) is 6.21. The number of ether oxygens (including phenoxy) is 1. The van der Waals surface area contributed by atoms with Gasteiger partial charge < -0.3 is 9.64 Å². The van der Waals surface area contributed by atoms with Crippen LogP contribution < -0.4 is 4.90 Å². The van der Waals surface area contributed by atoms with Crippen LogP contribution in [0, 0.1) is 6.92 Å². The summed E-state index contributed by atoms with van der Waals surface area (Å²) in [5.41, 5.74) is 1.09. The highest BCUT2D eigenvalue weighted by Gasteiger charge is 2.45. The predicted molar refractivity (Wildman–Crippen MR) is 99.2 cm³/mol. The fraction of sp³-hybridized carbons (Fsp3) is 0.611. The Labute approximate surface area is 152 Å². The van der Waals surface area contributed by atoms with Crippen molar-refractivity contribution in [2.75, 3.05) is 18.1 Å². The van der Waals surface area contributed by atoms with Crippen molar-refractivity contribution in [1.82, 2.24) is 19.7 Å². The van der Waals surface area contributed by atoms with Gasteiger partial charge in [0.1, 0.15) is 10.8 Å². The lowest BCUT2D eigenvalue weighted by Gasteiger charge is -2.50. The van der Waals surface area contributed by atoms with Crippen LogP contribution in [0.5, 0.6) is 0 Å². The number of hydrogen-bond acceptors (Lipinski definition) is 6. The fourth-order valence-corrected chi connectivity index (χ4v) is 4.41. The van der Waals surface area contributed by atoms with Crippen molar-refractivity contribution in [2.24, 2.45) is 0 Å². The van der Waals surface area contributed by atoms with Gasteiger partial charge in [0.05, 0.1) is 31.2 Å². The Morgan fingerprint density at radius 3 is 2.92 bits per heavy atom. The number of aryl methyl sites for hydroxylation is 1. The maximum Gasteiger partial charge on any atom is 0.227 e. The van der Waals surface area contributed by atoms with Gasteiger partial charge in [0.2, 0.25) is 5.95 Å². The average molecular weight is 359 g/mol. The summed E-state index contributed by atoms with van der Waals surface area (Å²) in [7, 11) is 0. The summed E-state index contributed by atoms with van der Waals surface area (Å²) in [6.45, 7) is 10.5. The van der Waals surface area contributed by atoms with Gasteiger partial charge in [-0.3, -0.25) is 4.57 Å². The largest absolute Gasteiger partial charge is 0.371 e. The zero-order valence-corrected chi connectivity index (χ0v) is 15.8. The van der Waals surface area contributed by atoms with E-state index in [0.29, 0.717) is 19.0 Å². The fourth-order valence-electron chi connectivity index (χ4n) is 3.65. The second-order valence-corrected chi connectivity index (χ2v) is 8.14. The van der Waals surface area contributed by atoms with Gasteiger partial charge in [-0.05, 0) is 33.1 Å². The molecule has 7 heteroatoms. The van der Waals surface area contributed by atoms with Crippen LogP contribution in [0.15, 0.2) is 18.0 Å². The Morgan fingerprint density at radius 1 is 1.44 bits per heavy atom. The first-order valence-electron chi connectivity index (χ1n) is 8.95. The minimum Gasteiger partial charge on any atom is -0.371 e. The number of thiazole rings is 1. The van der Waals surface area contributed by atoms with Crippen molar-refractivity contribution in [3.63, 3.8) is 0 Å². The van der Waals surface area contributed by atoms with Crippen LogP contribution in [0.2, 0.25) is 0 Å². The van der Waals surface area contributed by atoms with E-state index in [1.807, 2.05) is 13.0 Å². The van der Waals surface area contributed by atoms with Crippen LogP contribution in [-0.4, -0.2) is 44.5 Å². The van der Waals surface area contributed by atoms with Gasteiger partial charge in [-0.15, -0.1) is 28.1 Å². The maximum atomic E-state index is 6.14. The Bertz CT molecular complexity index is 763. The number of hydrogen-bond donors (Lipinski definition) is 0. The first-order chi connectivity index (χ1) is 12.1. The number of anilines is 1. The lowest BCUT2D eigenvalue weighted by atomic mass is 9.78. The van der Waals surface area contributed by atoms with E-state index in [2.05, 4.69) is 43.5 Å². The lowest BCUT2D eigenvalue weighted by molar-refractivity contribution is -0.117. The molecule has 25 heavy (non-hydrogen) atoms. The SMILES string of the molecule is C=CCn1c(Cc2nc(C)cs2)nnc1N1CC2(CCC2)OCC1C. The van der Waals surface area contributed by atoms with Crippen molar-refractivity contribution >= 4 is 17.3 Å². The molecule has 1 spiro atoms. The van der Waals surface area contributed by atoms with Gasteiger partial charge in [-0.1, -0.05) is 6.08 Å². The standard InChI is InChI=1S/C18H25N5OS/c1-4-8-22-15(9-16-19-13(2)11-25-16)20-21-17(22)23-12-18(6-5-7-18)24-10-14(23)3/h4,11,14H,1,5-10,12H2,2-3H3. The number of nitrogens with zero attached hydrogens (tertiary/aromatic N) is 5. The van der Waals surface area contributed by atoms with Crippen molar-refractivity contribution in [3.8, 4) is 0 Å². The molecular weight excluding hydrogens is 334 g/mol. The Kier molecular flexibility index (Phi) is 4.37. The zero-order valence-electron chi connectivity index (χ0n) is 14.9. The van der Waals surface area contributed by atoms with E-state index in [0.717, 1.165) is 48.5 Å². The van der Waals surface area contributed by atoms with E-state index in [9.17, 15) is 0 Å². The zero-order chi connectivity index (χ0) is 17.4. The van der Waals surface area contributed by atoms with Crippen LogP contribution in [0.4, 0.5) is 5.95 Å². The molecule has 4 rings (SSSR count). The molecule has 0 radical (unpaired) electrons. The second kappa shape index (κ2) is 6.53. The van der Waals surface area contributed by atoms with Crippen molar-refractivity contribution in [1.29, 1.82) is 0 Å². The highest BCUT2D eigenvalue weighted by molar-refractivity contribution is 7.09. The number of rotatable bonds is 5. The molecule has 0 amide bonds.